The summed E-state index contributed by atoms with van der Waals surface area (Å²) in [5.74, 6) is 2.89. The van der Waals surface area contributed by atoms with Crippen LogP contribution in [0, 0.1) is 0 Å². The van der Waals surface area contributed by atoms with E-state index in [0.717, 1.165) is 52.9 Å². The van der Waals surface area contributed by atoms with E-state index >= 15 is 0 Å². The van der Waals surface area contributed by atoms with Gasteiger partial charge < -0.3 is 28.4 Å². The topological polar surface area (TPSA) is 61.9 Å². The van der Waals surface area contributed by atoms with Gasteiger partial charge in [0.2, 0.25) is 12.5 Å². The number of methoxy groups -OCH3 is 2. The van der Waals surface area contributed by atoms with E-state index in [1.165, 1.54) is 0 Å². The average Bonchev–Trinajstić information content (AvgIpc) is 3.53. The van der Waals surface area contributed by atoms with E-state index in [1.54, 1.807) is 12.1 Å². The van der Waals surface area contributed by atoms with Gasteiger partial charge in [-0.1, -0.05) is 18.2 Å². The van der Waals surface area contributed by atoms with E-state index in [-0.39, 0.29) is 36.1 Å². The highest BCUT2D eigenvalue weighted by Gasteiger charge is 2.36. The SMILES string of the molecule is [2H]C([2H])([2H])Oc1ccc2cc1Oc1ccc(cc1)C[C@H]1c3c(cc4c(c3Oc3cc5c(cc3OC([2H])([2H])[2H])CCN(C)[C@@H]5C2)OCO4)CCN1C. The largest absolute Gasteiger partial charge is 0.493 e. The van der Waals surface area contributed by atoms with Crippen molar-refractivity contribution in [3.05, 3.63) is 94.0 Å². The van der Waals surface area contributed by atoms with Crippen molar-refractivity contribution in [3.63, 3.8) is 0 Å². The molecule has 45 heavy (non-hydrogen) atoms. The summed E-state index contributed by atoms with van der Waals surface area (Å²) in [6.07, 6.45) is 2.59. The molecule has 9 rings (SSSR count). The Morgan fingerprint density at radius 3 is 2.27 bits per heavy atom. The molecule has 0 saturated heterocycles. The summed E-state index contributed by atoms with van der Waals surface area (Å²) in [6.45, 7) is 1.57. The Balaban J connectivity index is 1.33. The monoisotopic (exact) mass is 612 g/mol. The van der Waals surface area contributed by atoms with E-state index in [4.69, 9.17) is 36.6 Å². The lowest BCUT2D eigenvalue weighted by molar-refractivity contribution is 0.171. The smallest absolute Gasteiger partial charge is 0.231 e. The molecule has 0 fully saturated rings. The molecule has 4 aromatic rings. The molecule has 0 radical (unpaired) electrons. The highest BCUT2D eigenvalue weighted by molar-refractivity contribution is 5.64. The molecule has 0 spiro atoms. The Bertz CT molecular complexity index is 1980. The van der Waals surface area contributed by atoms with Crippen LogP contribution >= 0.6 is 0 Å². The molecule has 0 saturated carbocycles. The van der Waals surface area contributed by atoms with Gasteiger partial charge in [0.25, 0.3) is 0 Å². The first-order chi connectivity index (χ1) is 24.3. The van der Waals surface area contributed by atoms with E-state index in [9.17, 15) is 0 Å². The predicted molar refractivity (Wildman–Crippen MR) is 171 cm³/mol. The molecule has 0 aromatic heterocycles. The van der Waals surface area contributed by atoms with Crippen LogP contribution in [0.25, 0.3) is 0 Å². The summed E-state index contributed by atoms with van der Waals surface area (Å²) >= 11 is 0. The highest BCUT2D eigenvalue weighted by atomic mass is 16.7. The Labute approximate surface area is 272 Å². The van der Waals surface area contributed by atoms with Crippen molar-refractivity contribution in [2.24, 2.45) is 0 Å². The van der Waals surface area contributed by atoms with E-state index in [0.29, 0.717) is 48.0 Å². The maximum Gasteiger partial charge on any atom is 0.231 e. The van der Waals surface area contributed by atoms with E-state index < -0.39 is 14.1 Å². The molecule has 6 bridgehead atoms. The van der Waals surface area contributed by atoms with Crippen LogP contribution in [0.4, 0.5) is 0 Å². The fourth-order valence-corrected chi connectivity index (χ4v) is 7.16. The summed E-state index contributed by atoms with van der Waals surface area (Å²) < 4.78 is 83.4. The molecule has 5 aliphatic heterocycles. The summed E-state index contributed by atoms with van der Waals surface area (Å²) in [7, 11) is -1.26. The van der Waals surface area contributed by atoms with Gasteiger partial charge in [-0.05, 0) is 110 Å². The van der Waals surface area contributed by atoms with Gasteiger partial charge in [0, 0.05) is 30.7 Å². The second kappa shape index (κ2) is 11.2. The van der Waals surface area contributed by atoms with Crippen molar-refractivity contribution in [2.75, 3.05) is 48.1 Å². The van der Waals surface area contributed by atoms with Gasteiger partial charge in [-0.3, -0.25) is 9.80 Å². The number of ether oxygens (including phenoxy) is 6. The first-order valence-electron chi connectivity index (χ1n) is 18.3. The second-order valence-electron chi connectivity index (χ2n) is 12.2. The van der Waals surface area contributed by atoms with Crippen LogP contribution in [0.2, 0.25) is 0 Å². The maximum atomic E-state index is 8.00. The zero-order valence-electron chi connectivity index (χ0n) is 31.2. The third-order valence-corrected chi connectivity index (χ3v) is 9.62. The molecule has 5 aliphatic rings. The van der Waals surface area contributed by atoms with Crippen LogP contribution in [0.1, 0.15) is 53.7 Å². The van der Waals surface area contributed by atoms with Gasteiger partial charge >= 0.3 is 0 Å². The molecule has 0 amide bonds. The van der Waals surface area contributed by atoms with Gasteiger partial charge in [-0.15, -0.1) is 0 Å². The number of likely N-dealkylation sites (N-methyl/N-ethyl adjacent to an activating group) is 2. The zero-order chi connectivity index (χ0) is 35.7. The van der Waals surface area contributed by atoms with Crippen molar-refractivity contribution >= 4 is 0 Å². The van der Waals surface area contributed by atoms with Crippen molar-refractivity contribution < 1.29 is 36.6 Å². The summed E-state index contributed by atoms with van der Waals surface area (Å²) in [6, 6.07) is 18.5. The lowest BCUT2D eigenvalue weighted by Gasteiger charge is -2.37. The number of hydrogen-bond donors (Lipinski definition) is 0. The average molecular weight is 613 g/mol. The number of fused-ring (bicyclic) bond motifs is 3. The highest BCUT2D eigenvalue weighted by Crippen LogP contribution is 2.53. The quantitative estimate of drug-likeness (QED) is 0.243. The van der Waals surface area contributed by atoms with Gasteiger partial charge in [-0.2, -0.15) is 0 Å². The van der Waals surface area contributed by atoms with Crippen LogP contribution in [-0.4, -0.2) is 57.9 Å². The van der Waals surface area contributed by atoms with Gasteiger partial charge in [0.05, 0.1) is 22.3 Å². The maximum absolute atomic E-state index is 8.00. The molecule has 5 heterocycles. The van der Waals surface area contributed by atoms with E-state index in [2.05, 4.69) is 16.8 Å². The normalized spacial score (nSPS) is 22.9. The number of rotatable bonds is 2. The molecule has 0 N–H and O–H groups in total. The minimum absolute atomic E-state index is 0.0461. The summed E-state index contributed by atoms with van der Waals surface area (Å²) in [4.78, 5) is 4.52. The Hall–Kier alpha value is -4.40. The van der Waals surface area contributed by atoms with Crippen molar-refractivity contribution in [1.29, 1.82) is 0 Å². The third-order valence-electron chi connectivity index (χ3n) is 9.62. The van der Waals surface area contributed by atoms with Crippen molar-refractivity contribution in [2.45, 2.75) is 37.8 Å². The molecular formula is C37H38N2O6. The van der Waals surface area contributed by atoms with Gasteiger partial charge in [-0.25, -0.2) is 0 Å². The Kier molecular flexibility index (Phi) is 5.51. The van der Waals surface area contributed by atoms with Gasteiger partial charge in [0.15, 0.2) is 34.5 Å². The fraction of sp³-hybridized carbons (Fsp3) is 0.351. The zero-order valence-corrected chi connectivity index (χ0v) is 25.2. The summed E-state index contributed by atoms with van der Waals surface area (Å²) in [5, 5.41) is 0. The molecule has 8 heteroatoms. The summed E-state index contributed by atoms with van der Waals surface area (Å²) in [5.41, 5.74) is 5.86. The first kappa shape index (κ1) is 22.2. The Morgan fingerprint density at radius 1 is 0.689 bits per heavy atom. The molecular weight excluding hydrogens is 568 g/mol. The molecule has 232 valence electrons. The molecule has 2 atom stereocenters. The number of hydrogen-bond acceptors (Lipinski definition) is 8. The first-order valence-corrected chi connectivity index (χ1v) is 15.3. The lowest BCUT2D eigenvalue weighted by atomic mass is 9.87. The van der Waals surface area contributed by atoms with Crippen LogP contribution in [0.5, 0.6) is 46.0 Å². The van der Waals surface area contributed by atoms with Crippen molar-refractivity contribution in [3.8, 4) is 46.0 Å². The van der Waals surface area contributed by atoms with Crippen LogP contribution < -0.4 is 28.4 Å². The van der Waals surface area contributed by atoms with Crippen molar-refractivity contribution in [1.82, 2.24) is 9.80 Å². The number of nitrogens with zero attached hydrogens (tertiary/aromatic N) is 2. The standard InChI is InChI=1S/C37H38N2O6/c1-38-13-11-24-18-31(41-4)33-20-27(24)28(38)16-23-7-10-30(40-3)32(17-23)44-26-8-5-22(6-9-26)15-29-35-25(12-14-39(29)2)19-34-36(37(35)45-33)43-21-42-34/h5-10,17-20,28-29H,11-16,21H2,1-4H3/t28-,29+/m1/s1/i3D3,4D3. The minimum atomic E-state index is -2.72. The fourth-order valence-electron chi connectivity index (χ4n) is 7.16. The Morgan fingerprint density at radius 2 is 1.42 bits per heavy atom. The van der Waals surface area contributed by atoms with Crippen LogP contribution in [-0.2, 0) is 25.7 Å². The minimum Gasteiger partial charge on any atom is -0.493 e. The molecule has 0 unspecified atom stereocenters. The van der Waals surface area contributed by atoms with Crippen LogP contribution in [0.3, 0.4) is 0 Å². The molecule has 8 nitrogen and oxygen atoms in total. The van der Waals surface area contributed by atoms with Crippen LogP contribution in [0.15, 0.2) is 60.7 Å². The lowest BCUT2D eigenvalue weighted by Crippen LogP contribution is -2.34. The molecule has 0 aliphatic carbocycles. The van der Waals surface area contributed by atoms with Gasteiger partial charge in [0.1, 0.15) is 5.75 Å². The molecule has 4 aromatic carbocycles. The second-order valence-corrected chi connectivity index (χ2v) is 12.2. The predicted octanol–water partition coefficient (Wildman–Crippen LogP) is 6.87. The van der Waals surface area contributed by atoms with E-state index in [1.807, 2.05) is 55.6 Å². The third kappa shape index (κ3) is 4.93. The number of benzene rings is 4.